The molecule has 156 valence electrons. The van der Waals surface area contributed by atoms with Gasteiger partial charge in [-0.2, -0.15) is 4.98 Å². The Morgan fingerprint density at radius 1 is 1.17 bits per heavy atom. The molecule has 9 nitrogen and oxygen atoms in total. The van der Waals surface area contributed by atoms with Gasteiger partial charge in [-0.25, -0.2) is 9.97 Å². The first-order chi connectivity index (χ1) is 14.6. The zero-order valence-corrected chi connectivity index (χ0v) is 16.9. The van der Waals surface area contributed by atoms with E-state index in [1.165, 1.54) is 25.6 Å². The van der Waals surface area contributed by atoms with E-state index < -0.39 is 4.92 Å². The van der Waals surface area contributed by atoms with Gasteiger partial charge in [0.05, 0.1) is 4.92 Å². The minimum absolute atomic E-state index is 0.105. The standard InChI is InChI=1S/C21H24N6O3/c1-15-8-9-16-6-5-7-17(18(16)25-15)30-21-19(27(28)29)20(23-14-24-21)22-10-13-26-11-3-2-4-12-26/h5-9,14H,2-4,10-13H2,1H3,(H,22,23,24). The lowest BCUT2D eigenvalue weighted by molar-refractivity contribution is -0.385. The number of aryl methyl sites for hydroxylation is 1. The summed E-state index contributed by atoms with van der Waals surface area (Å²) in [7, 11) is 0. The van der Waals surface area contributed by atoms with Crippen LogP contribution in [0.4, 0.5) is 11.5 Å². The Morgan fingerprint density at radius 3 is 2.80 bits per heavy atom. The molecule has 0 amide bonds. The predicted octanol–water partition coefficient (Wildman–Crippen LogP) is 3.93. The van der Waals surface area contributed by atoms with Crippen molar-refractivity contribution in [3.8, 4) is 11.6 Å². The van der Waals surface area contributed by atoms with Gasteiger partial charge in [0, 0.05) is 24.2 Å². The number of ether oxygens (including phenoxy) is 1. The van der Waals surface area contributed by atoms with Crippen LogP contribution in [-0.4, -0.2) is 51.0 Å². The summed E-state index contributed by atoms with van der Waals surface area (Å²) in [5.41, 5.74) is 1.18. The molecule has 0 aliphatic carbocycles. The van der Waals surface area contributed by atoms with E-state index in [0.29, 0.717) is 17.8 Å². The van der Waals surface area contributed by atoms with Crippen LogP contribution in [0.2, 0.25) is 0 Å². The molecule has 9 heteroatoms. The number of hydrogen-bond donors (Lipinski definition) is 1. The lowest BCUT2D eigenvalue weighted by atomic mass is 10.1. The van der Waals surface area contributed by atoms with Crippen LogP contribution in [0, 0.1) is 17.0 Å². The lowest BCUT2D eigenvalue weighted by Gasteiger charge is -2.26. The number of hydrogen-bond acceptors (Lipinski definition) is 8. The van der Waals surface area contributed by atoms with Crippen LogP contribution in [0.5, 0.6) is 11.6 Å². The molecule has 1 aliphatic heterocycles. The van der Waals surface area contributed by atoms with Gasteiger partial charge in [0.15, 0.2) is 5.75 Å². The summed E-state index contributed by atoms with van der Waals surface area (Å²) in [5.74, 6) is 0.468. The first-order valence-corrected chi connectivity index (χ1v) is 10.1. The monoisotopic (exact) mass is 408 g/mol. The van der Waals surface area contributed by atoms with Crippen molar-refractivity contribution in [2.45, 2.75) is 26.2 Å². The second-order valence-electron chi connectivity index (χ2n) is 7.34. The highest BCUT2D eigenvalue weighted by molar-refractivity contribution is 5.85. The number of fused-ring (bicyclic) bond motifs is 1. The summed E-state index contributed by atoms with van der Waals surface area (Å²) in [4.78, 5) is 26.3. The molecule has 1 N–H and O–H groups in total. The number of rotatable bonds is 7. The average Bonchev–Trinajstić information content (AvgIpc) is 2.75. The maximum Gasteiger partial charge on any atom is 0.373 e. The Balaban J connectivity index is 1.57. The highest BCUT2D eigenvalue weighted by Crippen LogP contribution is 2.36. The number of para-hydroxylation sites is 1. The zero-order chi connectivity index (χ0) is 20.9. The summed E-state index contributed by atoms with van der Waals surface area (Å²) in [5, 5.41) is 15.8. The Morgan fingerprint density at radius 2 is 2.00 bits per heavy atom. The second-order valence-corrected chi connectivity index (χ2v) is 7.34. The van der Waals surface area contributed by atoms with Gasteiger partial charge in [0.1, 0.15) is 11.8 Å². The second kappa shape index (κ2) is 9.00. The number of nitrogens with zero attached hydrogens (tertiary/aromatic N) is 5. The first-order valence-electron chi connectivity index (χ1n) is 10.1. The third-order valence-electron chi connectivity index (χ3n) is 5.17. The van der Waals surface area contributed by atoms with E-state index in [1.807, 2.05) is 31.2 Å². The molecule has 0 radical (unpaired) electrons. The number of nitrogens with one attached hydrogen (secondary N) is 1. The maximum absolute atomic E-state index is 11.8. The minimum atomic E-state index is -0.512. The van der Waals surface area contributed by atoms with Crippen molar-refractivity contribution in [3.63, 3.8) is 0 Å². The molecule has 2 aromatic heterocycles. The van der Waals surface area contributed by atoms with Gasteiger partial charge in [-0.1, -0.05) is 24.6 Å². The molecule has 4 rings (SSSR count). The SMILES string of the molecule is Cc1ccc2cccc(Oc3ncnc(NCCN4CCCCC4)c3[N+](=O)[O-])c2n1. The molecule has 0 saturated carbocycles. The number of piperidine rings is 1. The molecular formula is C21H24N6O3. The molecule has 30 heavy (non-hydrogen) atoms. The van der Waals surface area contributed by atoms with Gasteiger partial charge in [-0.3, -0.25) is 10.1 Å². The van der Waals surface area contributed by atoms with Crippen molar-refractivity contribution in [3.05, 3.63) is 52.5 Å². The van der Waals surface area contributed by atoms with Crippen LogP contribution in [0.1, 0.15) is 25.0 Å². The van der Waals surface area contributed by atoms with Crippen LogP contribution in [0.25, 0.3) is 10.9 Å². The number of aromatic nitrogens is 3. The Labute approximate surface area is 174 Å². The fraction of sp³-hybridized carbons (Fsp3) is 0.381. The van der Waals surface area contributed by atoms with Gasteiger partial charge in [0.2, 0.25) is 5.82 Å². The molecule has 1 saturated heterocycles. The first kappa shape index (κ1) is 20.0. The molecule has 3 heterocycles. The molecule has 0 atom stereocenters. The van der Waals surface area contributed by atoms with Gasteiger partial charge >= 0.3 is 11.6 Å². The van der Waals surface area contributed by atoms with E-state index >= 15 is 0 Å². The molecule has 0 bridgehead atoms. The average molecular weight is 408 g/mol. The third-order valence-corrected chi connectivity index (χ3v) is 5.17. The summed E-state index contributed by atoms with van der Waals surface area (Å²) in [6, 6.07) is 9.30. The molecule has 0 unspecified atom stereocenters. The molecule has 1 aromatic carbocycles. The number of anilines is 1. The normalized spacial score (nSPS) is 14.6. The fourth-order valence-corrected chi connectivity index (χ4v) is 3.65. The number of pyridine rings is 1. The lowest BCUT2D eigenvalue weighted by Crippen LogP contribution is -2.33. The Kier molecular flexibility index (Phi) is 5.99. The topological polar surface area (TPSA) is 106 Å². The summed E-state index contributed by atoms with van der Waals surface area (Å²) in [6.45, 7) is 5.38. The molecular weight excluding hydrogens is 384 g/mol. The highest BCUT2D eigenvalue weighted by atomic mass is 16.6. The summed E-state index contributed by atoms with van der Waals surface area (Å²) < 4.78 is 5.87. The third kappa shape index (κ3) is 4.46. The van der Waals surface area contributed by atoms with Crippen molar-refractivity contribution < 1.29 is 9.66 Å². The van der Waals surface area contributed by atoms with Crippen LogP contribution < -0.4 is 10.1 Å². The predicted molar refractivity (Wildman–Crippen MR) is 114 cm³/mol. The van der Waals surface area contributed by atoms with E-state index in [2.05, 4.69) is 25.2 Å². The number of likely N-dealkylation sites (tertiary alicyclic amines) is 1. The van der Waals surface area contributed by atoms with E-state index in [1.54, 1.807) is 6.07 Å². The van der Waals surface area contributed by atoms with Crippen molar-refractivity contribution in [2.24, 2.45) is 0 Å². The highest BCUT2D eigenvalue weighted by Gasteiger charge is 2.25. The number of benzene rings is 1. The maximum atomic E-state index is 11.8. The van der Waals surface area contributed by atoms with Gasteiger partial charge < -0.3 is 15.0 Å². The van der Waals surface area contributed by atoms with Crippen molar-refractivity contribution in [2.75, 3.05) is 31.5 Å². The minimum Gasteiger partial charge on any atom is -0.431 e. The summed E-state index contributed by atoms with van der Waals surface area (Å²) in [6.07, 6.45) is 4.94. The van der Waals surface area contributed by atoms with Crippen molar-refractivity contribution in [1.82, 2.24) is 19.9 Å². The van der Waals surface area contributed by atoms with Crippen LogP contribution >= 0.6 is 0 Å². The van der Waals surface area contributed by atoms with Gasteiger partial charge in [-0.05, 0) is 45.0 Å². The van der Waals surface area contributed by atoms with Crippen LogP contribution in [0.15, 0.2) is 36.7 Å². The summed E-state index contributed by atoms with van der Waals surface area (Å²) >= 11 is 0. The largest absolute Gasteiger partial charge is 0.431 e. The van der Waals surface area contributed by atoms with Gasteiger partial charge in [0.25, 0.3) is 0 Å². The van der Waals surface area contributed by atoms with E-state index in [-0.39, 0.29) is 17.4 Å². The molecule has 1 fully saturated rings. The van der Waals surface area contributed by atoms with E-state index in [4.69, 9.17) is 4.74 Å². The number of nitro groups is 1. The van der Waals surface area contributed by atoms with E-state index in [0.717, 1.165) is 30.7 Å². The molecule has 1 aliphatic rings. The van der Waals surface area contributed by atoms with Crippen molar-refractivity contribution >= 4 is 22.4 Å². The molecule has 3 aromatic rings. The van der Waals surface area contributed by atoms with Crippen LogP contribution in [-0.2, 0) is 0 Å². The van der Waals surface area contributed by atoms with Gasteiger partial charge in [-0.15, -0.1) is 0 Å². The quantitative estimate of drug-likeness (QED) is 0.463. The molecule has 0 spiro atoms. The van der Waals surface area contributed by atoms with E-state index in [9.17, 15) is 10.1 Å². The smallest absolute Gasteiger partial charge is 0.373 e. The Hall–Kier alpha value is -3.33. The van der Waals surface area contributed by atoms with Crippen molar-refractivity contribution in [1.29, 1.82) is 0 Å². The Bertz CT molecular complexity index is 1050. The van der Waals surface area contributed by atoms with Crippen LogP contribution in [0.3, 0.4) is 0 Å². The fourth-order valence-electron chi connectivity index (χ4n) is 3.65. The zero-order valence-electron chi connectivity index (χ0n) is 16.9.